The van der Waals surface area contributed by atoms with E-state index in [4.69, 9.17) is 4.74 Å². The minimum absolute atomic E-state index is 0.0612. The van der Waals surface area contributed by atoms with Gasteiger partial charge < -0.3 is 10.1 Å². The third kappa shape index (κ3) is 4.77. The fourth-order valence-electron chi connectivity index (χ4n) is 3.70. The largest absolute Gasteiger partial charge is 0.456 e. The molecule has 7 heteroatoms. The number of para-hydroxylation sites is 1. The minimum Gasteiger partial charge on any atom is -0.456 e. The standard InChI is InChI=1S/C21H27N3O4/c1-14-7-3-5-9-16(14)23-19(25)13-28-20(26)12-11-18-22-17-10-6-4-8-15(17)21(27)24(18)2/h4,6,8,10,14,16H,3,5,7,9,11-13H2,1-2H3,(H,23,25)/t14-,16+/m0/s1. The van der Waals surface area contributed by atoms with Gasteiger partial charge in [-0.1, -0.05) is 31.9 Å². The molecule has 28 heavy (non-hydrogen) atoms. The van der Waals surface area contributed by atoms with Crippen LogP contribution in [0, 0.1) is 5.92 Å². The molecule has 150 valence electrons. The van der Waals surface area contributed by atoms with E-state index in [0.29, 0.717) is 22.6 Å². The summed E-state index contributed by atoms with van der Waals surface area (Å²) in [6.45, 7) is 1.86. The molecule has 1 N–H and O–H groups in total. The first kappa shape index (κ1) is 20.0. The van der Waals surface area contributed by atoms with Crippen LogP contribution in [0.1, 0.15) is 44.9 Å². The number of nitrogens with zero attached hydrogens (tertiary/aromatic N) is 2. The van der Waals surface area contributed by atoms with Gasteiger partial charge in [0.25, 0.3) is 11.5 Å². The smallest absolute Gasteiger partial charge is 0.306 e. The van der Waals surface area contributed by atoms with E-state index in [1.807, 2.05) is 6.07 Å². The maximum absolute atomic E-state index is 12.4. The summed E-state index contributed by atoms with van der Waals surface area (Å²) < 4.78 is 6.54. The lowest BCUT2D eigenvalue weighted by molar-refractivity contribution is -0.148. The van der Waals surface area contributed by atoms with Crippen LogP contribution in [0.25, 0.3) is 10.9 Å². The van der Waals surface area contributed by atoms with Gasteiger partial charge in [-0.15, -0.1) is 0 Å². The van der Waals surface area contributed by atoms with Crippen LogP contribution in [0.4, 0.5) is 0 Å². The van der Waals surface area contributed by atoms with Crippen molar-refractivity contribution in [3.63, 3.8) is 0 Å². The Labute approximate surface area is 164 Å². The summed E-state index contributed by atoms with van der Waals surface area (Å²) in [6, 6.07) is 7.28. The van der Waals surface area contributed by atoms with Gasteiger partial charge in [-0.05, 0) is 30.9 Å². The number of ether oxygens (including phenoxy) is 1. The average Bonchev–Trinajstić information content (AvgIpc) is 2.70. The molecule has 0 unspecified atom stereocenters. The van der Waals surface area contributed by atoms with Crippen molar-refractivity contribution in [1.82, 2.24) is 14.9 Å². The Bertz CT molecular complexity index is 921. The molecule has 1 saturated carbocycles. The number of fused-ring (bicyclic) bond motifs is 1. The molecule has 1 amide bonds. The zero-order valence-electron chi connectivity index (χ0n) is 16.4. The highest BCUT2D eigenvalue weighted by molar-refractivity contribution is 5.81. The topological polar surface area (TPSA) is 90.3 Å². The first-order chi connectivity index (χ1) is 13.5. The van der Waals surface area contributed by atoms with Crippen LogP contribution < -0.4 is 10.9 Å². The Morgan fingerprint density at radius 3 is 2.79 bits per heavy atom. The number of hydrogen-bond acceptors (Lipinski definition) is 5. The number of aryl methyl sites for hydroxylation is 1. The fraction of sp³-hybridized carbons (Fsp3) is 0.524. The Morgan fingerprint density at radius 2 is 2.00 bits per heavy atom. The van der Waals surface area contributed by atoms with Gasteiger partial charge in [-0.2, -0.15) is 0 Å². The second kappa shape index (κ2) is 8.99. The van der Waals surface area contributed by atoms with Gasteiger partial charge >= 0.3 is 5.97 Å². The van der Waals surface area contributed by atoms with Gasteiger partial charge in [0, 0.05) is 19.5 Å². The number of carbonyl (C=O) groups is 2. The number of aromatic nitrogens is 2. The van der Waals surface area contributed by atoms with Crippen molar-refractivity contribution < 1.29 is 14.3 Å². The predicted octanol–water partition coefficient (Wildman–Crippen LogP) is 2.10. The molecule has 3 rings (SSSR count). The van der Waals surface area contributed by atoms with Gasteiger partial charge in [0.15, 0.2) is 6.61 Å². The van der Waals surface area contributed by atoms with Crippen molar-refractivity contribution in [3.8, 4) is 0 Å². The number of carbonyl (C=O) groups excluding carboxylic acids is 2. The molecule has 1 aliphatic rings. The molecule has 1 aromatic carbocycles. The van der Waals surface area contributed by atoms with Crippen LogP contribution in [-0.4, -0.2) is 34.1 Å². The van der Waals surface area contributed by atoms with Gasteiger partial charge in [0.1, 0.15) is 5.82 Å². The SMILES string of the molecule is C[C@H]1CCCC[C@H]1NC(=O)COC(=O)CCc1nc2ccccc2c(=O)n1C. The molecule has 0 saturated heterocycles. The van der Waals surface area contributed by atoms with Crippen molar-refractivity contribution in [2.75, 3.05) is 6.61 Å². The lowest BCUT2D eigenvalue weighted by Crippen LogP contribution is -2.42. The van der Waals surface area contributed by atoms with Crippen LogP contribution in [-0.2, 0) is 27.8 Å². The van der Waals surface area contributed by atoms with E-state index in [9.17, 15) is 14.4 Å². The summed E-state index contributed by atoms with van der Waals surface area (Å²) in [5.74, 6) is 0.229. The number of esters is 1. The van der Waals surface area contributed by atoms with Gasteiger partial charge in [0.2, 0.25) is 0 Å². The maximum Gasteiger partial charge on any atom is 0.306 e. The van der Waals surface area contributed by atoms with Crippen LogP contribution in [0.15, 0.2) is 29.1 Å². The van der Waals surface area contributed by atoms with Crippen LogP contribution in [0.2, 0.25) is 0 Å². The Morgan fingerprint density at radius 1 is 1.25 bits per heavy atom. The third-order valence-corrected chi connectivity index (χ3v) is 5.45. The quantitative estimate of drug-likeness (QED) is 0.769. The second-order valence-corrected chi connectivity index (χ2v) is 7.51. The Balaban J connectivity index is 1.50. The lowest BCUT2D eigenvalue weighted by Gasteiger charge is -2.29. The molecule has 0 radical (unpaired) electrons. The van der Waals surface area contributed by atoms with Gasteiger partial charge in [-0.25, -0.2) is 4.98 Å². The van der Waals surface area contributed by atoms with E-state index in [-0.39, 0.29) is 37.0 Å². The maximum atomic E-state index is 12.4. The van der Waals surface area contributed by atoms with E-state index >= 15 is 0 Å². The molecule has 0 bridgehead atoms. The summed E-state index contributed by atoms with van der Waals surface area (Å²) in [5.41, 5.74) is 0.463. The van der Waals surface area contributed by atoms with Crippen molar-refractivity contribution in [2.45, 2.75) is 51.5 Å². The average molecular weight is 385 g/mol. The van der Waals surface area contributed by atoms with E-state index in [1.54, 1.807) is 25.2 Å². The number of nitrogens with one attached hydrogen (secondary N) is 1. The summed E-state index contributed by atoms with van der Waals surface area (Å²) in [5, 5.41) is 3.51. The van der Waals surface area contributed by atoms with Crippen molar-refractivity contribution >= 4 is 22.8 Å². The van der Waals surface area contributed by atoms with Crippen molar-refractivity contribution in [1.29, 1.82) is 0 Å². The molecule has 1 aliphatic carbocycles. The first-order valence-electron chi connectivity index (χ1n) is 9.85. The Hall–Kier alpha value is -2.70. The molecule has 2 atom stereocenters. The first-order valence-corrected chi connectivity index (χ1v) is 9.85. The highest BCUT2D eigenvalue weighted by Crippen LogP contribution is 2.23. The number of hydrogen-bond donors (Lipinski definition) is 1. The van der Waals surface area contributed by atoms with E-state index < -0.39 is 5.97 Å². The second-order valence-electron chi connectivity index (χ2n) is 7.51. The molecule has 7 nitrogen and oxygen atoms in total. The molecule has 1 aromatic heterocycles. The molecule has 1 heterocycles. The summed E-state index contributed by atoms with van der Waals surface area (Å²) in [4.78, 5) is 40.9. The fourth-order valence-corrected chi connectivity index (χ4v) is 3.70. The normalized spacial score (nSPS) is 19.4. The lowest BCUT2D eigenvalue weighted by atomic mass is 9.86. The molecule has 1 fully saturated rings. The number of benzene rings is 1. The molecule has 0 spiro atoms. The van der Waals surface area contributed by atoms with Crippen molar-refractivity contribution in [3.05, 3.63) is 40.4 Å². The summed E-state index contributed by atoms with van der Waals surface area (Å²) in [7, 11) is 1.64. The van der Waals surface area contributed by atoms with Crippen LogP contribution in [0.5, 0.6) is 0 Å². The molecule has 0 aliphatic heterocycles. The van der Waals surface area contributed by atoms with Crippen LogP contribution >= 0.6 is 0 Å². The van der Waals surface area contributed by atoms with E-state index in [1.165, 1.54) is 11.0 Å². The molecular formula is C21H27N3O4. The van der Waals surface area contributed by atoms with Gasteiger partial charge in [0.05, 0.1) is 17.3 Å². The summed E-state index contributed by atoms with van der Waals surface area (Å²) in [6.07, 6.45) is 4.74. The zero-order chi connectivity index (χ0) is 20.1. The van der Waals surface area contributed by atoms with Crippen molar-refractivity contribution in [2.24, 2.45) is 13.0 Å². The van der Waals surface area contributed by atoms with Crippen LogP contribution in [0.3, 0.4) is 0 Å². The highest BCUT2D eigenvalue weighted by atomic mass is 16.5. The predicted molar refractivity (Wildman–Crippen MR) is 106 cm³/mol. The zero-order valence-corrected chi connectivity index (χ0v) is 16.4. The number of amides is 1. The minimum atomic E-state index is -0.478. The highest BCUT2D eigenvalue weighted by Gasteiger charge is 2.23. The molecular weight excluding hydrogens is 358 g/mol. The summed E-state index contributed by atoms with van der Waals surface area (Å²) >= 11 is 0. The molecule has 2 aromatic rings. The van der Waals surface area contributed by atoms with E-state index in [2.05, 4.69) is 17.2 Å². The third-order valence-electron chi connectivity index (χ3n) is 5.45. The van der Waals surface area contributed by atoms with E-state index in [0.717, 1.165) is 19.3 Å². The van der Waals surface area contributed by atoms with Gasteiger partial charge in [-0.3, -0.25) is 19.0 Å². The Kier molecular flexibility index (Phi) is 6.44. The number of rotatable bonds is 6. The monoisotopic (exact) mass is 385 g/mol.